The smallest absolute Gasteiger partial charge is 0.0366 e. The van der Waals surface area contributed by atoms with Crippen LogP contribution >= 0.6 is 11.8 Å². The van der Waals surface area contributed by atoms with Gasteiger partial charge >= 0.3 is 0 Å². The number of thioether (sulfide) groups is 1. The van der Waals surface area contributed by atoms with Crippen LogP contribution < -0.4 is 4.90 Å². The molecule has 0 spiro atoms. The molecule has 2 nitrogen and oxygen atoms in total. The maximum Gasteiger partial charge on any atom is 0.0366 e. The van der Waals surface area contributed by atoms with Crippen LogP contribution in [-0.2, 0) is 5.75 Å². The molecule has 0 aliphatic carbocycles. The van der Waals surface area contributed by atoms with Crippen LogP contribution in [0.2, 0.25) is 0 Å². The lowest BCUT2D eigenvalue weighted by Gasteiger charge is -2.26. The van der Waals surface area contributed by atoms with Crippen LogP contribution in [0.1, 0.15) is 5.56 Å². The highest BCUT2D eigenvalue weighted by Gasteiger charge is 2.06. The first-order chi connectivity index (χ1) is 10.8. The van der Waals surface area contributed by atoms with Gasteiger partial charge in [-0.25, -0.2) is 0 Å². The molecule has 0 fully saturated rings. The monoisotopic (exact) mass is 314 g/mol. The van der Waals surface area contributed by atoms with Gasteiger partial charge in [0, 0.05) is 36.8 Å². The van der Waals surface area contributed by atoms with Crippen LogP contribution in [0.5, 0.6) is 0 Å². The number of anilines is 1. The lowest BCUT2D eigenvalue weighted by atomic mass is 10.2. The van der Waals surface area contributed by atoms with Gasteiger partial charge in [-0.15, -0.1) is 0 Å². The summed E-state index contributed by atoms with van der Waals surface area (Å²) in [7, 11) is 4.26. The lowest BCUT2D eigenvalue weighted by molar-refractivity contribution is 0.414. The van der Waals surface area contributed by atoms with Gasteiger partial charge in [0.25, 0.3) is 0 Å². The third-order valence-electron chi connectivity index (χ3n) is 3.56. The molecule has 0 saturated carbocycles. The first kappa shape index (κ1) is 16.9. The largest absolute Gasteiger partial charge is 0.369 e. The normalized spacial score (nSPS) is 10.9. The highest BCUT2D eigenvalue weighted by Crippen LogP contribution is 2.16. The van der Waals surface area contributed by atoms with Crippen molar-refractivity contribution in [1.29, 1.82) is 0 Å². The Morgan fingerprint density at radius 3 is 2.05 bits per heavy atom. The van der Waals surface area contributed by atoms with E-state index in [4.69, 9.17) is 0 Å². The first-order valence-corrected chi connectivity index (χ1v) is 8.97. The molecule has 0 heterocycles. The zero-order valence-electron chi connectivity index (χ0n) is 13.6. The molecule has 0 bridgehead atoms. The summed E-state index contributed by atoms with van der Waals surface area (Å²) in [6.45, 7) is 3.25. The molecule has 2 aromatic carbocycles. The second kappa shape index (κ2) is 9.54. The second-order valence-electron chi connectivity index (χ2n) is 5.66. The van der Waals surface area contributed by atoms with Crippen molar-refractivity contribution < 1.29 is 0 Å². The minimum absolute atomic E-state index is 1.07. The topological polar surface area (TPSA) is 6.48 Å². The summed E-state index contributed by atoms with van der Waals surface area (Å²) < 4.78 is 0. The van der Waals surface area contributed by atoms with Gasteiger partial charge < -0.3 is 9.80 Å². The maximum absolute atomic E-state index is 2.48. The van der Waals surface area contributed by atoms with Crippen LogP contribution in [0.4, 0.5) is 5.69 Å². The van der Waals surface area contributed by atoms with Gasteiger partial charge in [0.05, 0.1) is 0 Å². The first-order valence-electron chi connectivity index (χ1n) is 7.82. The van der Waals surface area contributed by atoms with Crippen molar-refractivity contribution in [3.63, 3.8) is 0 Å². The number of benzene rings is 2. The summed E-state index contributed by atoms with van der Waals surface area (Å²) in [6.07, 6.45) is 0. The Hall–Kier alpha value is -1.45. The highest BCUT2D eigenvalue weighted by atomic mass is 32.2. The Bertz CT molecular complexity index is 513. The van der Waals surface area contributed by atoms with E-state index < -0.39 is 0 Å². The fraction of sp³-hybridized carbons (Fsp3) is 0.368. The zero-order valence-corrected chi connectivity index (χ0v) is 14.4. The van der Waals surface area contributed by atoms with E-state index in [9.17, 15) is 0 Å². The van der Waals surface area contributed by atoms with E-state index in [1.54, 1.807) is 0 Å². The molecule has 0 aliphatic rings. The maximum atomic E-state index is 2.48. The van der Waals surface area contributed by atoms with Crippen LogP contribution in [0.25, 0.3) is 0 Å². The van der Waals surface area contributed by atoms with Gasteiger partial charge in [0.2, 0.25) is 0 Å². The number of likely N-dealkylation sites (N-methyl/N-ethyl adjacent to an activating group) is 1. The number of nitrogens with zero attached hydrogens (tertiary/aromatic N) is 2. The quantitative estimate of drug-likeness (QED) is 0.646. The predicted octanol–water partition coefficient (Wildman–Crippen LogP) is 3.99. The minimum Gasteiger partial charge on any atom is -0.369 e. The zero-order chi connectivity index (χ0) is 15.6. The summed E-state index contributed by atoms with van der Waals surface area (Å²) >= 11 is 2.01. The van der Waals surface area contributed by atoms with Crippen molar-refractivity contribution in [2.24, 2.45) is 0 Å². The van der Waals surface area contributed by atoms with E-state index in [0.717, 1.165) is 31.1 Å². The third kappa shape index (κ3) is 6.12. The summed E-state index contributed by atoms with van der Waals surface area (Å²) in [5.74, 6) is 2.24. The SMILES string of the molecule is CN(C)CCN(CCSCc1ccccc1)c1ccccc1. The van der Waals surface area contributed by atoms with E-state index in [1.165, 1.54) is 11.3 Å². The lowest BCUT2D eigenvalue weighted by Crippen LogP contribution is -2.33. The van der Waals surface area contributed by atoms with Crippen molar-refractivity contribution in [1.82, 2.24) is 4.90 Å². The molecule has 0 amide bonds. The molecule has 0 N–H and O–H groups in total. The average molecular weight is 314 g/mol. The van der Waals surface area contributed by atoms with E-state index in [2.05, 4.69) is 84.6 Å². The third-order valence-corrected chi connectivity index (χ3v) is 4.56. The van der Waals surface area contributed by atoms with Crippen molar-refractivity contribution in [3.8, 4) is 0 Å². The van der Waals surface area contributed by atoms with E-state index in [1.807, 2.05) is 11.8 Å². The molecule has 0 saturated heterocycles. The molecule has 0 unspecified atom stereocenters. The van der Waals surface area contributed by atoms with E-state index in [0.29, 0.717) is 0 Å². The Morgan fingerprint density at radius 1 is 0.773 bits per heavy atom. The average Bonchev–Trinajstić information content (AvgIpc) is 2.56. The highest BCUT2D eigenvalue weighted by molar-refractivity contribution is 7.98. The summed E-state index contributed by atoms with van der Waals surface area (Å²) in [5, 5.41) is 0. The van der Waals surface area contributed by atoms with Crippen molar-refractivity contribution in [2.45, 2.75) is 5.75 Å². The Kier molecular flexibility index (Phi) is 7.34. The summed E-state index contributed by atoms with van der Waals surface area (Å²) in [6, 6.07) is 21.4. The standard InChI is InChI=1S/C19H26N2S/c1-20(2)13-14-21(19-11-7-4-8-12-19)15-16-22-17-18-9-5-3-6-10-18/h3-12H,13-17H2,1-2H3. The molecule has 3 heteroatoms. The molecule has 118 valence electrons. The van der Waals surface area contributed by atoms with Gasteiger partial charge in [-0.3, -0.25) is 0 Å². The second-order valence-corrected chi connectivity index (χ2v) is 6.77. The summed E-state index contributed by atoms with van der Waals surface area (Å²) in [5.41, 5.74) is 2.73. The van der Waals surface area contributed by atoms with Crippen molar-refractivity contribution in [2.75, 3.05) is 44.4 Å². The van der Waals surface area contributed by atoms with E-state index >= 15 is 0 Å². The van der Waals surface area contributed by atoms with Crippen LogP contribution in [0.15, 0.2) is 60.7 Å². The predicted molar refractivity (Wildman–Crippen MR) is 99.8 cm³/mol. The molecular weight excluding hydrogens is 288 g/mol. The van der Waals surface area contributed by atoms with Gasteiger partial charge in [0.1, 0.15) is 0 Å². The van der Waals surface area contributed by atoms with Gasteiger partial charge in [-0.1, -0.05) is 48.5 Å². The molecule has 2 rings (SSSR count). The molecule has 0 aliphatic heterocycles. The Balaban J connectivity index is 1.81. The van der Waals surface area contributed by atoms with Crippen molar-refractivity contribution in [3.05, 3.63) is 66.2 Å². The number of rotatable bonds is 9. The van der Waals surface area contributed by atoms with Gasteiger partial charge in [-0.05, 0) is 31.8 Å². The minimum atomic E-state index is 1.07. The Morgan fingerprint density at radius 2 is 1.41 bits per heavy atom. The fourth-order valence-electron chi connectivity index (χ4n) is 2.27. The number of hydrogen-bond donors (Lipinski definition) is 0. The summed E-state index contributed by atoms with van der Waals surface area (Å²) in [4.78, 5) is 4.73. The fourth-order valence-corrected chi connectivity index (χ4v) is 3.19. The molecule has 0 aromatic heterocycles. The molecule has 0 atom stereocenters. The van der Waals surface area contributed by atoms with Crippen LogP contribution in [-0.4, -0.2) is 44.4 Å². The Labute approximate surface area is 139 Å². The molecule has 2 aromatic rings. The molecule has 0 radical (unpaired) electrons. The molecular formula is C19H26N2S. The number of hydrogen-bond acceptors (Lipinski definition) is 3. The van der Waals surface area contributed by atoms with E-state index in [-0.39, 0.29) is 0 Å². The molecule has 22 heavy (non-hydrogen) atoms. The van der Waals surface area contributed by atoms with Gasteiger partial charge in [0.15, 0.2) is 0 Å². The van der Waals surface area contributed by atoms with Crippen LogP contribution in [0.3, 0.4) is 0 Å². The number of para-hydroxylation sites is 1. The van der Waals surface area contributed by atoms with Gasteiger partial charge in [-0.2, -0.15) is 11.8 Å². The van der Waals surface area contributed by atoms with Crippen molar-refractivity contribution >= 4 is 17.4 Å². The van der Waals surface area contributed by atoms with Crippen LogP contribution in [0, 0.1) is 0 Å².